The summed E-state index contributed by atoms with van der Waals surface area (Å²) in [6.07, 6.45) is 4.96. The molecule has 224 valence electrons. The summed E-state index contributed by atoms with van der Waals surface area (Å²) in [5.74, 6) is -0.602. The number of ether oxygens (including phenoxy) is 2. The number of hydrogen-bond acceptors (Lipinski definition) is 9. The zero-order valence-corrected chi connectivity index (χ0v) is 24.6. The zero-order chi connectivity index (χ0) is 29.9. The fourth-order valence-electron chi connectivity index (χ4n) is 6.39. The number of aryl methyl sites for hydroxylation is 2. The quantitative estimate of drug-likeness (QED) is 0.302. The van der Waals surface area contributed by atoms with Gasteiger partial charge in [-0.15, -0.1) is 0 Å². The lowest BCUT2D eigenvalue weighted by molar-refractivity contribution is -0.0662. The van der Waals surface area contributed by atoms with E-state index in [0.29, 0.717) is 67.3 Å². The third kappa shape index (κ3) is 4.85. The minimum atomic E-state index is -2.78. The van der Waals surface area contributed by atoms with Crippen molar-refractivity contribution in [1.82, 2.24) is 39.2 Å². The van der Waals surface area contributed by atoms with Crippen LogP contribution in [0.4, 0.5) is 14.6 Å². The number of pyridine rings is 3. The molecule has 2 saturated heterocycles. The van der Waals surface area contributed by atoms with Crippen molar-refractivity contribution in [2.75, 3.05) is 58.5 Å². The number of likely N-dealkylation sites (tertiary alicyclic amines) is 1. The molecule has 2 fully saturated rings. The second-order valence-corrected chi connectivity index (χ2v) is 11.4. The van der Waals surface area contributed by atoms with Gasteiger partial charge in [0.1, 0.15) is 17.1 Å². The summed E-state index contributed by atoms with van der Waals surface area (Å²) in [4.78, 5) is 23.0. The molecule has 5 aromatic rings. The molecule has 5 aromatic heterocycles. The van der Waals surface area contributed by atoms with Crippen LogP contribution in [0.25, 0.3) is 39.0 Å². The van der Waals surface area contributed by atoms with Gasteiger partial charge in [-0.3, -0.25) is 14.9 Å². The summed E-state index contributed by atoms with van der Waals surface area (Å²) in [5, 5.41) is 5.63. The summed E-state index contributed by atoms with van der Waals surface area (Å²) in [6.45, 7) is 4.64. The number of halogens is 2. The zero-order valence-electron chi connectivity index (χ0n) is 24.6. The fraction of sp³-hybridized carbons (Fsp3) is 0.433. The van der Waals surface area contributed by atoms with E-state index in [1.807, 2.05) is 30.7 Å². The highest BCUT2D eigenvalue weighted by molar-refractivity contribution is 5.91. The number of methoxy groups -OCH3 is 1. The minimum absolute atomic E-state index is 0.238. The maximum absolute atomic E-state index is 14.6. The smallest absolute Gasteiger partial charge is 0.261 e. The Morgan fingerprint density at radius 3 is 2.63 bits per heavy atom. The number of anilines is 1. The molecule has 7 heterocycles. The number of aromatic nitrogens is 7. The van der Waals surface area contributed by atoms with Crippen LogP contribution in [0.2, 0.25) is 0 Å². The van der Waals surface area contributed by atoms with Gasteiger partial charge in [-0.2, -0.15) is 5.10 Å². The second kappa shape index (κ2) is 10.5. The standard InChI is InChI=1S/C30H33F2N9O2/c1-18-20-15-34-41(23(20)11-22(35-18)21-14-33-6-5-25(21)42-4)26-12-24-27(29(36-26)40-7-9-43-10-8-40)37-28(39(24)3)19-13-30(31,32)17-38(2)16-19/h5-6,11-12,14-15,19H,7-10,13,16-17H2,1-4H3/t19-/m0/s1. The van der Waals surface area contributed by atoms with Crippen molar-refractivity contribution in [1.29, 1.82) is 0 Å². The molecule has 0 radical (unpaired) electrons. The van der Waals surface area contributed by atoms with Crippen molar-refractivity contribution in [2.45, 2.75) is 25.2 Å². The van der Waals surface area contributed by atoms with Crippen LogP contribution in [-0.4, -0.2) is 98.7 Å². The van der Waals surface area contributed by atoms with Crippen LogP contribution in [0, 0.1) is 6.92 Å². The molecular weight excluding hydrogens is 556 g/mol. The van der Waals surface area contributed by atoms with E-state index in [9.17, 15) is 8.78 Å². The summed E-state index contributed by atoms with van der Waals surface area (Å²) in [5.41, 5.74) is 4.60. The average Bonchev–Trinajstić information content (AvgIpc) is 3.57. The Bertz CT molecular complexity index is 1830. The molecule has 11 nitrogen and oxygen atoms in total. The van der Waals surface area contributed by atoms with E-state index in [2.05, 4.69) is 9.88 Å². The average molecular weight is 590 g/mol. The van der Waals surface area contributed by atoms with E-state index in [4.69, 9.17) is 29.5 Å². The van der Waals surface area contributed by atoms with Crippen LogP contribution in [0.15, 0.2) is 36.8 Å². The number of nitrogens with zero attached hydrogens (tertiary/aromatic N) is 9. The van der Waals surface area contributed by atoms with Crippen LogP contribution in [0.3, 0.4) is 0 Å². The largest absolute Gasteiger partial charge is 0.496 e. The Hall–Kier alpha value is -4.23. The summed E-state index contributed by atoms with van der Waals surface area (Å²) in [7, 11) is 5.25. The molecule has 0 saturated carbocycles. The van der Waals surface area contributed by atoms with Crippen LogP contribution >= 0.6 is 0 Å². The van der Waals surface area contributed by atoms with Gasteiger partial charge < -0.3 is 18.9 Å². The van der Waals surface area contributed by atoms with E-state index in [0.717, 1.165) is 27.7 Å². The number of piperidine rings is 1. The molecule has 2 aliphatic rings. The molecule has 0 amide bonds. The molecule has 2 aliphatic heterocycles. The number of hydrogen-bond donors (Lipinski definition) is 0. The van der Waals surface area contributed by atoms with Gasteiger partial charge in [-0.25, -0.2) is 23.4 Å². The van der Waals surface area contributed by atoms with E-state index < -0.39 is 11.8 Å². The first-order valence-corrected chi connectivity index (χ1v) is 14.3. The SMILES string of the molecule is COc1ccncc1-c1cc2c(cnn2-c2cc3c(nc([C@@H]4CN(C)CC(F)(F)C4)n3C)c(N3CCOCC3)n2)c(C)n1. The van der Waals surface area contributed by atoms with Gasteiger partial charge in [-0.05, 0) is 26.1 Å². The number of morpholine rings is 1. The summed E-state index contributed by atoms with van der Waals surface area (Å²) >= 11 is 0. The minimum Gasteiger partial charge on any atom is -0.496 e. The molecule has 1 atom stereocenters. The maximum atomic E-state index is 14.6. The number of imidazole rings is 1. The second-order valence-electron chi connectivity index (χ2n) is 11.4. The number of rotatable bonds is 5. The molecule has 0 bridgehead atoms. The topological polar surface area (TPSA) is 99.3 Å². The molecular formula is C30H33F2N9O2. The van der Waals surface area contributed by atoms with E-state index >= 15 is 0 Å². The van der Waals surface area contributed by atoms with Gasteiger partial charge in [0.15, 0.2) is 11.6 Å². The molecule has 0 aliphatic carbocycles. The van der Waals surface area contributed by atoms with E-state index in [-0.39, 0.29) is 13.0 Å². The van der Waals surface area contributed by atoms with Gasteiger partial charge in [0.05, 0.1) is 55.4 Å². The Morgan fingerprint density at radius 1 is 1.05 bits per heavy atom. The van der Waals surface area contributed by atoms with Crippen molar-refractivity contribution in [3.63, 3.8) is 0 Å². The predicted octanol–water partition coefficient (Wildman–Crippen LogP) is 3.97. The van der Waals surface area contributed by atoms with Crippen molar-refractivity contribution < 1.29 is 18.3 Å². The Morgan fingerprint density at radius 2 is 1.86 bits per heavy atom. The van der Waals surface area contributed by atoms with Crippen LogP contribution in [-0.2, 0) is 11.8 Å². The summed E-state index contributed by atoms with van der Waals surface area (Å²) in [6, 6.07) is 5.70. The number of likely N-dealkylation sites (N-methyl/N-ethyl adjacent to an activating group) is 1. The molecule has 0 N–H and O–H groups in total. The highest BCUT2D eigenvalue weighted by Gasteiger charge is 2.41. The third-order valence-corrected chi connectivity index (χ3v) is 8.38. The first-order chi connectivity index (χ1) is 20.7. The van der Waals surface area contributed by atoms with Gasteiger partial charge in [0.2, 0.25) is 0 Å². The Balaban J connectivity index is 1.41. The van der Waals surface area contributed by atoms with Crippen molar-refractivity contribution >= 4 is 27.8 Å². The highest BCUT2D eigenvalue weighted by atomic mass is 19.3. The lowest BCUT2D eigenvalue weighted by atomic mass is 9.95. The third-order valence-electron chi connectivity index (χ3n) is 8.38. The van der Waals surface area contributed by atoms with Crippen molar-refractivity contribution in [3.05, 3.63) is 48.3 Å². The molecule has 13 heteroatoms. The van der Waals surface area contributed by atoms with Crippen molar-refractivity contribution in [2.24, 2.45) is 7.05 Å². The van der Waals surface area contributed by atoms with Crippen LogP contribution < -0.4 is 9.64 Å². The first-order valence-electron chi connectivity index (χ1n) is 14.3. The lowest BCUT2D eigenvalue weighted by Crippen LogP contribution is -2.44. The first kappa shape index (κ1) is 27.6. The van der Waals surface area contributed by atoms with Gasteiger partial charge in [0.25, 0.3) is 5.92 Å². The summed E-state index contributed by atoms with van der Waals surface area (Å²) < 4.78 is 44.2. The number of fused-ring (bicyclic) bond motifs is 2. The predicted molar refractivity (Wildman–Crippen MR) is 158 cm³/mol. The lowest BCUT2D eigenvalue weighted by Gasteiger charge is -2.35. The molecule has 7 rings (SSSR count). The number of alkyl halides is 2. The van der Waals surface area contributed by atoms with Gasteiger partial charge in [0, 0.05) is 68.6 Å². The van der Waals surface area contributed by atoms with Crippen LogP contribution in [0.1, 0.15) is 23.9 Å². The fourth-order valence-corrected chi connectivity index (χ4v) is 6.39. The van der Waals surface area contributed by atoms with Gasteiger partial charge in [-0.1, -0.05) is 0 Å². The van der Waals surface area contributed by atoms with Crippen molar-refractivity contribution in [3.8, 4) is 22.8 Å². The normalized spacial score (nSPS) is 19.4. The Labute approximate surface area is 247 Å². The van der Waals surface area contributed by atoms with Crippen LogP contribution in [0.5, 0.6) is 5.75 Å². The molecule has 0 unspecified atom stereocenters. The van der Waals surface area contributed by atoms with Gasteiger partial charge >= 0.3 is 0 Å². The maximum Gasteiger partial charge on any atom is 0.261 e. The monoisotopic (exact) mass is 589 g/mol. The highest BCUT2D eigenvalue weighted by Crippen LogP contribution is 2.38. The Kier molecular flexibility index (Phi) is 6.73. The van der Waals surface area contributed by atoms with E-state index in [1.165, 1.54) is 0 Å². The molecule has 0 aromatic carbocycles. The molecule has 0 spiro atoms. The molecule has 43 heavy (non-hydrogen) atoms. The van der Waals surface area contributed by atoms with E-state index in [1.54, 1.807) is 48.4 Å².